The van der Waals surface area contributed by atoms with Gasteiger partial charge in [-0.15, -0.1) is 0 Å². The fourth-order valence-electron chi connectivity index (χ4n) is 3.19. The van der Waals surface area contributed by atoms with E-state index in [1.807, 2.05) is 30.3 Å². The van der Waals surface area contributed by atoms with Gasteiger partial charge >= 0.3 is 12.1 Å². The van der Waals surface area contributed by atoms with Gasteiger partial charge in [0.25, 0.3) is 0 Å². The first-order valence-electron chi connectivity index (χ1n) is 10.3. The van der Waals surface area contributed by atoms with Crippen molar-refractivity contribution < 1.29 is 29.0 Å². The van der Waals surface area contributed by atoms with Crippen LogP contribution in [-0.4, -0.2) is 46.9 Å². The summed E-state index contributed by atoms with van der Waals surface area (Å²) in [6, 6.07) is 7.59. The molecule has 0 radical (unpaired) electrons. The normalized spacial score (nSPS) is 20.0. The summed E-state index contributed by atoms with van der Waals surface area (Å²) in [5.74, 6) is -1.18. The van der Waals surface area contributed by atoms with Crippen LogP contribution >= 0.6 is 0 Å². The van der Waals surface area contributed by atoms with Crippen LogP contribution < -0.4 is 10.6 Å². The molecule has 0 bridgehead atoms. The van der Waals surface area contributed by atoms with Crippen LogP contribution in [0.3, 0.4) is 0 Å². The standard InChI is InChI=1S/C22H32N2O6/c1-22(2,3)30-21(28)24-17(20(27)23-16-11-7-8-12-18(16)25)13-19(26)29-14-15-9-5-4-6-10-15/h4-6,9-10,16-18,25H,7-8,11-14H2,1-3H3,(H,23,27)(H,24,28). The minimum Gasteiger partial charge on any atom is -0.461 e. The van der Waals surface area contributed by atoms with E-state index in [9.17, 15) is 19.5 Å². The molecule has 0 saturated heterocycles. The molecular formula is C22H32N2O6. The lowest BCUT2D eigenvalue weighted by Gasteiger charge is -2.30. The van der Waals surface area contributed by atoms with Crippen molar-refractivity contribution >= 4 is 18.0 Å². The number of carbonyl (C=O) groups excluding carboxylic acids is 3. The van der Waals surface area contributed by atoms with E-state index in [4.69, 9.17) is 9.47 Å². The first-order valence-corrected chi connectivity index (χ1v) is 10.3. The average Bonchev–Trinajstić information content (AvgIpc) is 2.67. The molecule has 3 atom stereocenters. The van der Waals surface area contributed by atoms with E-state index in [0.29, 0.717) is 12.8 Å². The number of ether oxygens (including phenoxy) is 2. The number of amides is 2. The Bertz CT molecular complexity index is 716. The molecule has 1 aromatic rings. The van der Waals surface area contributed by atoms with Crippen molar-refractivity contribution in [3.05, 3.63) is 35.9 Å². The lowest BCUT2D eigenvalue weighted by atomic mass is 9.92. The molecule has 2 rings (SSSR count). The molecule has 1 saturated carbocycles. The number of hydrogen-bond acceptors (Lipinski definition) is 6. The maximum Gasteiger partial charge on any atom is 0.408 e. The predicted octanol–water partition coefficient (Wildman–Crippen LogP) is 2.43. The summed E-state index contributed by atoms with van der Waals surface area (Å²) in [5, 5.41) is 15.3. The highest BCUT2D eigenvalue weighted by atomic mass is 16.6. The van der Waals surface area contributed by atoms with Crippen molar-refractivity contribution in [3.63, 3.8) is 0 Å². The summed E-state index contributed by atoms with van der Waals surface area (Å²) in [6.07, 6.45) is 1.25. The summed E-state index contributed by atoms with van der Waals surface area (Å²) in [5.41, 5.74) is 0.0654. The number of benzene rings is 1. The van der Waals surface area contributed by atoms with Crippen molar-refractivity contribution in [1.29, 1.82) is 0 Å². The summed E-state index contributed by atoms with van der Waals surface area (Å²) in [4.78, 5) is 37.3. The van der Waals surface area contributed by atoms with Crippen molar-refractivity contribution in [3.8, 4) is 0 Å². The molecule has 0 aliphatic heterocycles. The maximum atomic E-state index is 12.8. The molecule has 0 aromatic heterocycles. The second-order valence-electron chi connectivity index (χ2n) is 8.52. The van der Waals surface area contributed by atoms with Crippen LogP contribution in [0.4, 0.5) is 4.79 Å². The van der Waals surface area contributed by atoms with E-state index < -0.39 is 41.8 Å². The highest BCUT2D eigenvalue weighted by Crippen LogP contribution is 2.18. The molecule has 1 aromatic carbocycles. The maximum absolute atomic E-state index is 12.8. The van der Waals surface area contributed by atoms with Gasteiger partial charge < -0.3 is 25.2 Å². The molecule has 1 fully saturated rings. The molecule has 8 heteroatoms. The van der Waals surface area contributed by atoms with Gasteiger partial charge in [-0.05, 0) is 39.2 Å². The Morgan fingerprint density at radius 3 is 2.43 bits per heavy atom. The smallest absolute Gasteiger partial charge is 0.408 e. The predicted molar refractivity (Wildman–Crippen MR) is 110 cm³/mol. The monoisotopic (exact) mass is 420 g/mol. The van der Waals surface area contributed by atoms with E-state index in [0.717, 1.165) is 18.4 Å². The first kappa shape index (κ1) is 23.7. The quantitative estimate of drug-likeness (QED) is 0.584. The van der Waals surface area contributed by atoms with E-state index in [1.54, 1.807) is 20.8 Å². The Morgan fingerprint density at radius 1 is 1.13 bits per heavy atom. The van der Waals surface area contributed by atoms with Crippen LogP contribution in [0.2, 0.25) is 0 Å². The van der Waals surface area contributed by atoms with Gasteiger partial charge in [0.05, 0.1) is 18.6 Å². The third kappa shape index (κ3) is 8.41. The number of esters is 1. The van der Waals surface area contributed by atoms with Crippen molar-refractivity contribution in [2.45, 2.75) is 83.3 Å². The number of alkyl carbamates (subject to hydrolysis) is 1. The average molecular weight is 421 g/mol. The summed E-state index contributed by atoms with van der Waals surface area (Å²) < 4.78 is 10.5. The first-order chi connectivity index (χ1) is 14.1. The Kier molecular flexibility index (Phi) is 8.65. The number of nitrogens with one attached hydrogen (secondary N) is 2. The van der Waals surface area contributed by atoms with Gasteiger partial charge in [0.15, 0.2) is 0 Å². The van der Waals surface area contributed by atoms with Crippen LogP contribution in [-0.2, 0) is 25.7 Å². The molecule has 2 amide bonds. The lowest BCUT2D eigenvalue weighted by Crippen LogP contribution is -2.54. The van der Waals surface area contributed by atoms with Crippen molar-refractivity contribution in [1.82, 2.24) is 10.6 Å². The van der Waals surface area contributed by atoms with Gasteiger partial charge in [-0.2, -0.15) is 0 Å². The van der Waals surface area contributed by atoms with Crippen LogP contribution in [0.5, 0.6) is 0 Å². The van der Waals surface area contributed by atoms with Gasteiger partial charge in [0.2, 0.25) is 5.91 Å². The molecule has 3 unspecified atom stereocenters. The Balaban J connectivity index is 1.98. The minimum atomic E-state index is -1.17. The molecule has 8 nitrogen and oxygen atoms in total. The highest BCUT2D eigenvalue weighted by molar-refractivity contribution is 5.89. The summed E-state index contributed by atoms with van der Waals surface area (Å²) in [7, 11) is 0. The van der Waals surface area contributed by atoms with Crippen molar-refractivity contribution in [2.24, 2.45) is 0 Å². The topological polar surface area (TPSA) is 114 Å². The fourth-order valence-corrected chi connectivity index (χ4v) is 3.19. The SMILES string of the molecule is CC(C)(C)OC(=O)NC(CC(=O)OCc1ccccc1)C(=O)NC1CCCCC1O. The van der Waals surface area contributed by atoms with E-state index in [-0.39, 0.29) is 13.0 Å². The Morgan fingerprint density at radius 2 is 1.80 bits per heavy atom. The number of carbonyl (C=O) groups is 3. The van der Waals surface area contributed by atoms with Gasteiger partial charge in [-0.3, -0.25) is 9.59 Å². The zero-order valence-corrected chi connectivity index (χ0v) is 17.8. The summed E-state index contributed by atoms with van der Waals surface area (Å²) in [6.45, 7) is 5.18. The lowest BCUT2D eigenvalue weighted by molar-refractivity contribution is -0.147. The van der Waals surface area contributed by atoms with Gasteiger partial charge in [-0.1, -0.05) is 43.2 Å². The molecule has 0 heterocycles. The number of rotatable bonds is 7. The van der Waals surface area contributed by atoms with Crippen LogP contribution in [0.25, 0.3) is 0 Å². The fraction of sp³-hybridized carbons (Fsp3) is 0.591. The highest BCUT2D eigenvalue weighted by Gasteiger charge is 2.31. The molecular weight excluding hydrogens is 388 g/mol. The van der Waals surface area contributed by atoms with E-state index in [1.165, 1.54) is 0 Å². The Hall–Kier alpha value is -2.61. The number of aliphatic hydroxyl groups excluding tert-OH is 1. The van der Waals surface area contributed by atoms with Crippen LogP contribution in [0.1, 0.15) is 58.4 Å². The molecule has 0 spiro atoms. The molecule has 166 valence electrons. The zero-order chi connectivity index (χ0) is 22.1. The van der Waals surface area contributed by atoms with Gasteiger partial charge in [-0.25, -0.2) is 4.79 Å². The van der Waals surface area contributed by atoms with Gasteiger partial charge in [0.1, 0.15) is 18.2 Å². The second-order valence-corrected chi connectivity index (χ2v) is 8.52. The third-order valence-electron chi connectivity index (χ3n) is 4.68. The van der Waals surface area contributed by atoms with Crippen LogP contribution in [0, 0.1) is 0 Å². The summed E-state index contributed by atoms with van der Waals surface area (Å²) >= 11 is 0. The number of aliphatic hydroxyl groups is 1. The molecule has 1 aliphatic carbocycles. The Labute approximate surface area is 177 Å². The van der Waals surface area contributed by atoms with E-state index >= 15 is 0 Å². The van der Waals surface area contributed by atoms with Crippen molar-refractivity contribution in [2.75, 3.05) is 0 Å². The largest absolute Gasteiger partial charge is 0.461 e. The minimum absolute atomic E-state index is 0.0712. The van der Waals surface area contributed by atoms with Crippen LogP contribution in [0.15, 0.2) is 30.3 Å². The third-order valence-corrected chi connectivity index (χ3v) is 4.68. The van der Waals surface area contributed by atoms with Gasteiger partial charge in [0, 0.05) is 0 Å². The zero-order valence-electron chi connectivity index (χ0n) is 17.8. The van der Waals surface area contributed by atoms with E-state index in [2.05, 4.69) is 10.6 Å². The number of hydrogen-bond donors (Lipinski definition) is 3. The second kappa shape index (κ2) is 11.0. The molecule has 3 N–H and O–H groups in total. The molecule has 30 heavy (non-hydrogen) atoms. The molecule has 1 aliphatic rings.